The van der Waals surface area contributed by atoms with Gasteiger partial charge in [0, 0.05) is 42.0 Å². The van der Waals surface area contributed by atoms with Crippen LogP contribution in [0.1, 0.15) is 35.2 Å². The molecule has 4 aromatic rings. The number of likely N-dealkylation sites (tertiary alicyclic amines) is 1. The highest BCUT2D eigenvalue weighted by Crippen LogP contribution is 2.28. The highest BCUT2D eigenvalue weighted by Gasteiger charge is 2.28. The van der Waals surface area contributed by atoms with Gasteiger partial charge in [-0.15, -0.1) is 0 Å². The van der Waals surface area contributed by atoms with Crippen molar-refractivity contribution in [1.82, 2.24) is 19.9 Å². The minimum Gasteiger partial charge on any atom is -0.367 e. The molecule has 0 unspecified atom stereocenters. The number of piperidine rings is 1. The van der Waals surface area contributed by atoms with Gasteiger partial charge in [-0.2, -0.15) is 18.4 Å². The van der Waals surface area contributed by atoms with Crippen molar-refractivity contribution < 1.29 is 13.2 Å². The van der Waals surface area contributed by atoms with E-state index in [0.29, 0.717) is 22.4 Å². The van der Waals surface area contributed by atoms with Gasteiger partial charge in [-0.3, -0.25) is 4.90 Å². The predicted octanol–water partition coefficient (Wildman–Crippen LogP) is 5.47. The van der Waals surface area contributed by atoms with Crippen LogP contribution in [0.5, 0.6) is 0 Å². The summed E-state index contributed by atoms with van der Waals surface area (Å²) in [5.41, 5.74) is 4.79. The predicted molar refractivity (Wildman–Crippen MR) is 129 cm³/mol. The van der Waals surface area contributed by atoms with Crippen LogP contribution in [-0.4, -0.2) is 45.2 Å². The number of fused-ring (bicyclic) bond motifs is 2. The Morgan fingerprint density at radius 3 is 2.66 bits per heavy atom. The van der Waals surface area contributed by atoms with Gasteiger partial charge in [-0.25, -0.2) is 9.97 Å². The van der Waals surface area contributed by atoms with E-state index in [1.165, 1.54) is 29.6 Å². The molecule has 0 saturated carbocycles. The number of hydrogen-bond donors (Lipinski definition) is 2. The monoisotopic (exact) mass is 478 g/mol. The molecule has 1 saturated heterocycles. The molecular formula is C26H25F3N6. The standard InChI is InChI=1S/C26H25F3N6/c1-16-18(3-5-24-21(16)11-20(13-30)33-24)14-35-8-6-19(7-9-35)34-25-22-10-17(12-26(27,28)29)2-4-23(22)31-15-32-25/h2-5,10-11,15,19,33H,6-9,12,14H2,1H3,(H,31,32,34). The average Bonchev–Trinajstić information content (AvgIpc) is 3.26. The summed E-state index contributed by atoms with van der Waals surface area (Å²) in [6.45, 7) is 4.72. The van der Waals surface area contributed by atoms with Gasteiger partial charge in [0.2, 0.25) is 0 Å². The zero-order valence-corrected chi connectivity index (χ0v) is 19.3. The number of benzene rings is 2. The van der Waals surface area contributed by atoms with Crippen molar-refractivity contribution in [2.45, 2.75) is 44.9 Å². The molecule has 9 heteroatoms. The number of nitrogens with one attached hydrogen (secondary N) is 2. The summed E-state index contributed by atoms with van der Waals surface area (Å²) >= 11 is 0. The molecule has 1 fully saturated rings. The zero-order valence-electron chi connectivity index (χ0n) is 19.3. The number of aryl methyl sites for hydroxylation is 1. The van der Waals surface area contributed by atoms with Crippen LogP contribution in [0.3, 0.4) is 0 Å². The number of nitriles is 1. The van der Waals surface area contributed by atoms with Gasteiger partial charge in [-0.05, 0) is 60.7 Å². The minimum atomic E-state index is -4.26. The molecule has 2 N–H and O–H groups in total. The molecule has 0 spiro atoms. The molecule has 35 heavy (non-hydrogen) atoms. The number of hydrogen-bond acceptors (Lipinski definition) is 5. The summed E-state index contributed by atoms with van der Waals surface area (Å²) in [6, 6.07) is 13.0. The number of aromatic nitrogens is 3. The Bertz CT molecular complexity index is 1410. The topological polar surface area (TPSA) is 80.6 Å². The molecule has 0 atom stereocenters. The first kappa shape index (κ1) is 23.1. The van der Waals surface area contributed by atoms with E-state index in [-0.39, 0.29) is 11.6 Å². The molecule has 180 valence electrons. The maximum Gasteiger partial charge on any atom is 0.393 e. The van der Waals surface area contributed by atoms with E-state index < -0.39 is 12.6 Å². The number of H-pyrrole nitrogens is 1. The van der Waals surface area contributed by atoms with Gasteiger partial charge in [0.15, 0.2) is 0 Å². The Balaban J connectivity index is 1.25. The molecular weight excluding hydrogens is 453 g/mol. The van der Waals surface area contributed by atoms with Crippen LogP contribution in [0.2, 0.25) is 0 Å². The van der Waals surface area contributed by atoms with E-state index in [2.05, 4.69) is 44.2 Å². The lowest BCUT2D eigenvalue weighted by molar-refractivity contribution is -0.127. The molecule has 1 aliphatic rings. The van der Waals surface area contributed by atoms with E-state index in [1.807, 2.05) is 12.1 Å². The number of nitrogens with zero attached hydrogens (tertiary/aromatic N) is 4. The Hall–Kier alpha value is -3.64. The van der Waals surface area contributed by atoms with Crippen LogP contribution in [-0.2, 0) is 13.0 Å². The lowest BCUT2D eigenvalue weighted by Gasteiger charge is -2.33. The van der Waals surface area contributed by atoms with Crippen LogP contribution < -0.4 is 5.32 Å². The maximum absolute atomic E-state index is 12.9. The largest absolute Gasteiger partial charge is 0.393 e. The minimum absolute atomic E-state index is 0.182. The molecule has 1 aliphatic heterocycles. The normalized spacial score (nSPS) is 15.5. The Labute approximate surface area is 200 Å². The van der Waals surface area contributed by atoms with Crippen LogP contribution in [0, 0.1) is 18.3 Å². The average molecular weight is 479 g/mol. The van der Waals surface area contributed by atoms with Gasteiger partial charge in [0.05, 0.1) is 11.9 Å². The van der Waals surface area contributed by atoms with Crippen LogP contribution >= 0.6 is 0 Å². The summed E-state index contributed by atoms with van der Waals surface area (Å²) < 4.78 is 38.6. The number of anilines is 1. The van der Waals surface area contributed by atoms with Crippen molar-refractivity contribution in [3.63, 3.8) is 0 Å². The first-order valence-electron chi connectivity index (χ1n) is 11.6. The molecule has 2 aromatic heterocycles. The quantitative estimate of drug-likeness (QED) is 0.398. The highest BCUT2D eigenvalue weighted by atomic mass is 19.4. The lowest BCUT2D eigenvalue weighted by atomic mass is 10.0. The second kappa shape index (κ2) is 9.19. The van der Waals surface area contributed by atoms with Crippen LogP contribution in [0.4, 0.5) is 19.0 Å². The van der Waals surface area contributed by atoms with Crippen molar-refractivity contribution >= 4 is 27.6 Å². The van der Waals surface area contributed by atoms with Crippen LogP contribution in [0.15, 0.2) is 42.7 Å². The summed E-state index contributed by atoms with van der Waals surface area (Å²) in [4.78, 5) is 14.1. The summed E-state index contributed by atoms with van der Waals surface area (Å²) in [5, 5.41) is 14.3. The second-order valence-corrected chi connectivity index (χ2v) is 9.17. The highest BCUT2D eigenvalue weighted by molar-refractivity contribution is 5.89. The van der Waals surface area contributed by atoms with Crippen molar-refractivity contribution in [2.75, 3.05) is 18.4 Å². The number of rotatable bonds is 5. The molecule has 0 radical (unpaired) electrons. The fraction of sp³-hybridized carbons (Fsp3) is 0.346. The second-order valence-electron chi connectivity index (χ2n) is 9.17. The first-order chi connectivity index (χ1) is 16.8. The third-order valence-corrected chi connectivity index (χ3v) is 6.73. The molecule has 0 amide bonds. The summed E-state index contributed by atoms with van der Waals surface area (Å²) in [5.74, 6) is 0.583. The van der Waals surface area contributed by atoms with Gasteiger partial charge in [-0.1, -0.05) is 12.1 Å². The SMILES string of the molecule is Cc1c(CN2CCC(Nc3ncnc4ccc(CC(F)(F)F)cc34)CC2)ccc2[nH]c(C#N)cc12. The van der Waals surface area contributed by atoms with Gasteiger partial charge in [0.1, 0.15) is 23.9 Å². The zero-order chi connectivity index (χ0) is 24.6. The molecule has 3 heterocycles. The van der Waals surface area contributed by atoms with Crippen molar-refractivity contribution in [3.8, 4) is 6.07 Å². The Kier molecular flexibility index (Phi) is 6.07. The van der Waals surface area contributed by atoms with E-state index in [4.69, 9.17) is 5.26 Å². The molecule has 6 nitrogen and oxygen atoms in total. The van der Waals surface area contributed by atoms with E-state index in [9.17, 15) is 13.2 Å². The van der Waals surface area contributed by atoms with Crippen LogP contribution in [0.25, 0.3) is 21.8 Å². The number of halogens is 3. The molecule has 0 aliphatic carbocycles. The van der Waals surface area contributed by atoms with E-state index in [0.717, 1.165) is 43.4 Å². The van der Waals surface area contributed by atoms with Gasteiger partial charge in [0.25, 0.3) is 0 Å². The Morgan fingerprint density at radius 1 is 1.11 bits per heavy atom. The molecule has 5 rings (SSSR count). The maximum atomic E-state index is 12.9. The van der Waals surface area contributed by atoms with E-state index >= 15 is 0 Å². The van der Waals surface area contributed by atoms with Gasteiger partial charge < -0.3 is 10.3 Å². The lowest BCUT2D eigenvalue weighted by Crippen LogP contribution is -2.39. The number of aromatic amines is 1. The van der Waals surface area contributed by atoms with E-state index in [1.54, 1.807) is 6.07 Å². The third-order valence-electron chi connectivity index (χ3n) is 6.73. The third kappa shape index (κ3) is 5.08. The summed E-state index contributed by atoms with van der Waals surface area (Å²) in [6.07, 6.45) is -1.98. The fourth-order valence-corrected chi connectivity index (χ4v) is 4.86. The fourth-order valence-electron chi connectivity index (χ4n) is 4.86. The summed E-state index contributed by atoms with van der Waals surface area (Å²) in [7, 11) is 0. The molecule has 0 bridgehead atoms. The molecule has 2 aromatic carbocycles. The van der Waals surface area contributed by atoms with Gasteiger partial charge >= 0.3 is 6.18 Å². The van der Waals surface area contributed by atoms with Crippen molar-refractivity contribution in [3.05, 3.63) is 65.1 Å². The van der Waals surface area contributed by atoms with Crippen molar-refractivity contribution in [2.24, 2.45) is 0 Å². The first-order valence-corrected chi connectivity index (χ1v) is 11.6. The smallest absolute Gasteiger partial charge is 0.367 e. The van der Waals surface area contributed by atoms with Crippen molar-refractivity contribution in [1.29, 1.82) is 5.26 Å². The Morgan fingerprint density at radius 2 is 1.91 bits per heavy atom. The number of alkyl halides is 3.